The van der Waals surface area contributed by atoms with Crippen molar-refractivity contribution in [1.29, 1.82) is 0 Å². The van der Waals surface area contributed by atoms with Crippen LogP contribution in [0.25, 0.3) is 0 Å². The monoisotopic (exact) mass is 329 g/mol. The first-order valence-corrected chi connectivity index (χ1v) is 8.10. The molecule has 120 valence electrons. The Kier molecular flexibility index (Phi) is 5.82. The van der Waals surface area contributed by atoms with Gasteiger partial charge in [-0.1, -0.05) is 0 Å². The summed E-state index contributed by atoms with van der Waals surface area (Å²) in [6.45, 7) is 3.36. The van der Waals surface area contributed by atoms with Crippen LogP contribution in [-0.2, 0) is 4.79 Å². The second-order valence-corrected chi connectivity index (χ2v) is 6.47. The Bertz CT molecular complexity index is 680. The first kappa shape index (κ1) is 17.1. The minimum Gasteiger partial charge on any atom is -0.497 e. The van der Waals surface area contributed by atoms with Crippen LogP contribution in [0, 0.1) is 0 Å². The van der Waals surface area contributed by atoms with Crippen LogP contribution in [0.1, 0.15) is 24.2 Å². The summed E-state index contributed by atoms with van der Waals surface area (Å²) in [5, 5.41) is 2.52. The average Bonchev–Trinajstić information content (AvgIpc) is 2.55. The number of Topliss-reactive ketones (excluding diaryl/α,β-unsaturated/α-hetero) is 1. The number of benzene rings is 2. The molecule has 0 spiro atoms. The second-order valence-electron chi connectivity index (χ2n) is 5.06. The molecule has 0 aliphatic carbocycles. The Balaban J connectivity index is 2.01. The molecule has 0 heterocycles. The van der Waals surface area contributed by atoms with Gasteiger partial charge in [0.25, 0.3) is 0 Å². The van der Waals surface area contributed by atoms with Gasteiger partial charge in [0.2, 0.25) is 5.91 Å². The molecular formula is C18H19NO3S. The SMILES string of the molecule is COc1ccc(C(=O)[C@@H](C)Sc2ccc(NC(C)=O)cc2)cc1. The van der Waals surface area contributed by atoms with Gasteiger partial charge in [0.15, 0.2) is 5.78 Å². The molecule has 23 heavy (non-hydrogen) atoms. The van der Waals surface area contributed by atoms with Crippen LogP contribution >= 0.6 is 11.8 Å². The van der Waals surface area contributed by atoms with Crippen molar-refractivity contribution < 1.29 is 14.3 Å². The molecular weight excluding hydrogens is 310 g/mol. The van der Waals surface area contributed by atoms with Gasteiger partial charge in [-0.3, -0.25) is 9.59 Å². The first-order chi connectivity index (χ1) is 11.0. The number of carbonyl (C=O) groups is 2. The molecule has 0 radical (unpaired) electrons. The van der Waals surface area contributed by atoms with Gasteiger partial charge in [-0.05, 0) is 55.5 Å². The number of methoxy groups -OCH3 is 1. The number of hydrogen-bond acceptors (Lipinski definition) is 4. The van der Waals surface area contributed by atoms with Gasteiger partial charge in [0.05, 0.1) is 12.4 Å². The predicted octanol–water partition coefficient (Wildman–Crippen LogP) is 4.02. The molecule has 2 rings (SSSR count). The Morgan fingerprint density at radius 3 is 2.17 bits per heavy atom. The van der Waals surface area contributed by atoms with E-state index in [1.54, 1.807) is 31.4 Å². The zero-order chi connectivity index (χ0) is 16.8. The van der Waals surface area contributed by atoms with E-state index in [4.69, 9.17) is 4.74 Å². The number of thioether (sulfide) groups is 1. The maximum absolute atomic E-state index is 12.4. The largest absolute Gasteiger partial charge is 0.497 e. The Hall–Kier alpha value is -2.27. The van der Waals surface area contributed by atoms with Crippen molar-refractivity contribution in [3.63, 3.8) is 0 Å². The summed E-state index contributed by atoms with van der Waals surface area (Å²) in [4.78, 5) is 24.4. The number of anilines is 1. The fourth-order valence-corrected chi connectivity index (χ4v) is 3.01. The smallest absolute Gasteiger partial charge is 0.221 e. The van der Waals surface area contributed by atoms with Crippen molar-refractivity contribution in [2.24, 2.45) is 0 Å². The molecule has 1 atom stereocenters. The van der Waals surface area contributed by atoms with Crippen molar-refractivity contribution in [3.8, 4) is 5.75 Å². The van der Waals surface area contributed by atoms with E-state index in [9.17, 15) is 9.59 Å². The zero-order valence-corrected chi connectivity index (χ0v) is 14.1. The number of ether oxygens (including phenoxy) is 1. The van der Waals surface area contributed by atoms with Crippen molar-refractivity contribution in [3.05, 3.63) is 54.1 Å². The molecule has 0 bridgehead atoms. The molecule has 1 amide bonds. The molecule has 2 aromatic rings. The highest BCUT2D eigenvalue weighted by Crippen LogP contribution is 2.27. The van der Waals surface area contributed by atoms with E-state index < -0.39 is 0 Å². The molecule has 0 fully saturated rings. The quantitative estimate of drug-likeness (QED) is 0.642. The van der Waals surface area contributed by atoms with E-state index in [0.717, 1.165) is 16.3 Å². The normalized spacial score (nSPS) is 11.6. The fraction of sp³-hybridized carbons (Fsp3) is 0.222. The van der Waals surface area contributed by atoms with Gasteiger partial charge < -0.3 is 10.1 Å². The molecule has 5 heteroatoms. The number of ketones is 1. The molecule has 0 saturated heterocycles. The molecule has 0 aliphatic rings. The highest BCUT2D eigenvalue weighted by Gasteiger charge is 2.16. The molecule has 0 aromatic heterocycles. The lowest BCUT2D eigenvalue weighted by atomic mass is 10.1. The topological polar surface area (TPSA) is 55.4 Å². The predicted molar refractivity (Wildman–Crippen MR) is 93.4 cm³/mol. The third-order valence-electron chi connectivity index (χ3n) is 3.23. The van der Waals surface area contributed by atoms with Crippen LogP contribution in [0.4, 0.5) is 5.69 Å². The van der Waals surface area contributed by atoms with Crippen LogP contribution in [-0.4, -0.2) is 24.1 Å². The van der Waals surface area contributed by atoms with Crippen LogP contribution in [0.3, 0.4) is 0 Å². The standard InChI is InChI=1S/C18H19NO3S/c1-12(18(21)14-4-8-16(22-3)9-5-14)23-17-10-6-15(7-11-17)19-13(2)20/h4-12H,1-3H3,(H,19,20)/t12-/m1/s1. The van der Waals surface area contributed by atoms with Gasteiger partial charge in [-0.15, -0.1) is 11.8 Å². The maximum Gasteiger partial charge on any atom is 0.221 e. The van der Waals surface area contributed by atoms with E-state index in [2.05, 4.69) is 5.32 Å². The van der Waals surface area contributed by atoms with E-state index in [-0.39, 0.29) is 16.9 Å². The van der Waals surface area contributed by atoms with E-state index in [1.807, 2.05) is 31.2 Å². The average molecular weight is 329 g/mol. The van der Waals surface area contributed by atoms with E-state index >= 15 is 0 Å². The lowest BCUT2D eigenvalue weighted by Crippen LogP contribution is -2.13. The summed E-state index contributed by atoms with van der Waals surface area (Å²) in [6, 6.07) is 14.6. The number of amides is 1. The fourth-order valence-electron chi connectivity index (χ4n) is 2.07. The lowest BCUT2D eigenvalue weighted by Gasteiger charge is -2.11. The number of rotatable bonds is 6. The van der Waals surface area contributed by atoms with E-state index in [0.29, 0.717) is 5.56 Å². The zero-order valence-electron chi connectivity index (χ0n) is 13.3. The van der Waals surface area contributed by atoms with Gasteiger partial charge in [-0.2, -0.15) is 0 Å². The van der Waals surface area contributed by atoms with Crippen molar-refractivity contribution in [1.82, 2.24) is 0 Å². The Morgan fingerprint density at radius 2 is 1.65 bits per heavy atom. The molecule has 0 aliphatic heterocycles. The van der Waals surface area contributed by atoms with Crippen LogP contribution in [0.2, 0.25) is 0 Å². The highest BCUT2D eigenvalue weighted by atomic mass is 32.2. The summed E-state index contributed by atoms with van der Waals surface area (Å²) in [5.74, 6) is 0.701. The molecule has 2 aromatic carbocycles. The summed E-state index contributed by atoms with van der Waals surface area (Å²) >= 11 is 1.49. The summed E-state index contributed by atoms with van der Waals surface area (Å²) < 4.78 is 5.10. The minimum absolute atomic E-state index is 0.0728. The van der Waals surface area contributed by atoms with E-state index in [1.165, 1.54) is 18.7 Å². The van der Waals surface area contributed by atoms with Crippen LogP contribution in [0.5, 0.6) is 5.75 Å². The third kappa shape index (κ3) is 4.86. The van der Waals surface area contributed by atoms with Crippen LogP contribution < -0.4 is 10.1 Å². The minimum atomic E-state index is -0.199. The highest BCUT2D eigenvalue weighted by molar-refractivity contribution is 8.00. The maximum atomic E-state index is 12.4. The molecule has 0 saturated carbocycles. The number of carbonyl (C=O) groups excluding carboxylic acids is 2. The summed E-state index contributed by atoms with van der Waals surface area (Å²) in [6.07, 6.45) is 0. The lowest BCUT2D eigenvalue weighted by molar-refractivity contribution is -0.114. The number of nitrogens with one attached hydrogen (secondary N) is 1. The first-order valence-electron chi connectivity index (χ1n) is 7.22. The van der Waals surface area contributed by atoms with Crippen molar-refractivity contribution in [2.45, 2.75) is 24.0 Å². The molecule has 0 unspecified atom stereocenters. The molecule has 4 nitrogen and oxygen atoms in total. The summed E-state index contributed by atoms with van der Waals surface area (Å²) in [5.41, 5.74) is 1.41. The summed E-state index contributed by atoms with van der Waals surface area (Å²) in [7, 11) is 1.60. The van der Waals surface area contributed by atoms with Crippen molar-refractivity contribution >= 4 is 29.1 Å². The second kappa shape index (κ2) is 7.83. The van der Waals surface area contributed by atoms with Crippen molar-refractivity contribution in [2.75, 3.05) is 12.4 Å². The van der Waals surface area contributed by atoms with Gasteiger partial charge in [-0.25, -0.2) is 0 Å². The van der Waals surface area contributed by atoms with Gasteiger partial charge >= 0.3 is 0 Å². The Morgan fingerprint density at radius 1 is 1.04 bits per heavy atom. The molecule has 1 N–H and O–H groups in total. The number of hydrogen-bond donors (Lipinski definition) is 1. The van der Waals surface area contributed by atoms with Gasteiger partial charge in [0.1, 0.15) is 5.75 Å². The van der Waals surface area contributed by atoms with Crippen LogP contribution in [0.15, 0.2) is 53.4 Å². The Labute approximate surface area is 140 Å². The van der Waals surface area contributed by atoms with Gasteiger partial charge in [0, 0.05) is 23.1 Å². The third-order valence-corrected chi connectivity index (χ3v) is 4.34.